The fourth-order valence-corrected chi connectivity index (χ4v) is 0.265. The minimum Gasteiger partial charge on any atom is -0.304 e. The molecule has 0 spiro atoms. The van der Waals surface area contributed by atoms with Gasteiger partial charge in [0.1, 0.15) is 0 Å². The van der Waals surface area contributed by atoms with E-state index in [0.29, 0.717) is 6.01 Å². The van der Waals surface area contributed by atoms with Gasteiger partial charge in [-0.15, -0.1) is 0 Å². The third kappa shape index (κ3) is 0.0849. The molecule has 0 saturated carbocycles. The Morgan fingerprint density at radius 2 is 2.67 bits per heavy atom. The van der Waals surface area contributed by atoms with Crippen LogP contribution in [0.15, 0.2) is 0 Å². The smallest absolute Gasteiger partial charge is 0.304 e. The molecule has 1 aliphatic rings. The number of nitrogens with zero attached hydrogens (tertiary/aromatic N) is 4. The van der Waals surface area contributed by atoms with Crippen LogP contribution in [-0.2, 0) is 0 Å². The van der Waals surface area contributed by atoms with Crippen molar-refractivity contribution in [2.75, 3.05) is 0 Å². The normalized spacial score (nSPS) is 12.7. The largest absolute Gasteiger partial charge is 0.399 e. The third-order valence-corrected chi connectivity index (χ3v) is 0.551. The van der Waals surface area contributed by atoms with Crippen molar-refractivity contribution >= 4 is 0 Å². The number of tetrazole rings is 1. The SMILES string of the molecule is n1nc2n(n1)O2. The lowest BCUT2D eigenvalue weighted by Crippen LogP contribution is -1.83. The van der Waals surface area contributed by atoms with Gasteiger partial charge in [0.15, 0.2) is 0 Å². The van der Waals surface area contributed by atoms with Crippen molar-refractivity contribution in [3.63, 3.8) is 0 Å². The average Bonchev–Trinajstić information content (AvgIpc) is 2.17. The molecular formula is CN4O. The first-order chi connectivity index (χ1) is 2.97. The predicted octanol–water partition coefficient (Wildman–Crippen LogP) is -1.17. The van der Waals surface area contributed by atoms with Crippen LogP contribution in [-0.4, -0.2) is 20.4 Å². The van der Waals surface area contributed by atoms with Crippen LogP contribution in [0.25, 0.3) is 0 Å². The first kappa shape index (κ1) is 2.12. The van der Waals surface area contributed by atoms with Crippen LogP contribution in [0.2, 0.25) is 0 Å². The van der Waals surface area contributed by atoms with E-state index >= 15 is 0 Å². The molecule has 0 aliphatic carbocycles. The molecule has 0 bridgehead atoms. The molecule has 6 heavy (non-hydrogen) atoms. The van der Waals surface area contributed by atoms with Gasteiger partial charge >= 0.3 is 6.01 Å². The lowest BCUT2D eigenvalue weighted by Gasteiger charge is -1.58. The lowest BCUT2D eigenvalue weighted by molar-refractivity contribution is 0.360. The van der Waals surface area contributed by atoms with E-state index in [0.717, 1.165) is 0 Å². The highest BCUT2D eigenvalue weighted by atomic mass is 16.8. The fraction of sp³-hybridized carbons (Fsp3) is 0. The summed E-state index contributed by atoms with van der Waals surface area (Å²) in [5, 5.41) is 9.96. The first-order valence-electron chi connectivity index (χ1n) is 1.43. The zero-order valence-corrected chi connectivity index (χ0v) is 2.70. The molecular weight excluding hydrogens is 84.0 g/mol. The van der Waals surface area contributed by atoms with Crippen LogP contribution in [0.4, 0.5) is 0 Å². The van der Waals surface area contributed by atoms with Crippen LogP contribution in [0.5, 0.6) is 6.01 Å². The Bertz CT molecular complexity index is 151. The number of aromatic nitrogens is 4. The minimum absolute atomic E-state index is 0.495. The van der Waals surface area contributed by atoms with Crippen LogP contribution in [0.1, 0.15) is 0 Å². The molecule has 0 aromatic carbocycles. The molecule has 0 amide bonds. The number of rotatable bonds is 0. The summed E-state index contributed by atoms with van der Waals surface area (Å²) < 4.78 is 0. The van der Waals surface area contributed by atoms with E-state index in [2.05, 4.69) is 20.4 Å². The average molecular weight is 84.0 g/mol. The first-order valence-corrected chi connectivity index (χ1v) is 1.43. The summed E-state index contributed by atoms with van der Waals surface area (Å²) in [6, 6.07) is 0.495. The van der Waals surface area contributed by atoms with Gasteiger partial charge in [0.25, 0.3) is 0 Å². The Morgan fingerprint density at radius 1 is 1.67 bits per heavy atom. The summed E-state index contributed by atoms with van der Waals surface area (Å²) in [6.45, 7) is 0. The van der Waals surface area contributed by atoms with Gasteiger partial charge in [0.05, 0.1) is 0 Å². The van der Waals surface area contributed by atoms with Gasteiger partial charge in [-0.1, -0.05) is 5.10 Å². The van der Waals surface area contributed by atoms with Gasteiger partial charge in [0.2, 0.25) is 0 Å². The Labute approximate surface area is 32.5 Å². The van der Waals surface area contributed by atoms with Gasteiger partial charge < -0.3 is 4.84 Å². The second kappa shape index (κ2) is 0.405. The number of fused-ring (bicyclic) bond motifs is 1. The zero-order chi connectivity index (χ0) is 3.98. The molecule has 0 atom stereocenters. The van der Waals surface area contributed by atoms with Gasteiger partial charge in [-0.3, -0.25) is 0 Å². The maximum absolute atomic E-state index is 4.48. The van der Waals surface area contributed by atoms with E-state index < -0.39 is 0 Å². The van der Waals surface area contributed by atoms with Crippen molar-refractivity contribution in [3.8, 4) is 6.01 Å². The van der Waals surface area contributed by atoms with E-state index in [-0.39, 0.29) is 0 Å². The van der Waals surface area contributed by atoms with Crippen molar-refractivity contribution in [3.05, 3.63) is 0 Å². The Balaban J connectivity index is 2.88. The second-order valence-electron chi connectivity index (χ2n) is 0.926. The second-order valence-corrected chi connectivity index (χ2v) is 0.926. The van der Waals surface area contributed by atoms with E-state index in [1.165, 1.54) is 4.85 Å². The summed E-state index contributed by atoms with van der Waals surface area (Å²) in [4.78, 5) is 5.71. The van der Waals surface area contributed by atoms with E-state index in [1.807, 2.05) is 0 Å². The van der Waals surface area contributed by atoms with Crippen molar-refractivity contribution in [1.82, 2.24) is 20.4 Å². The molecule has 0 unspecified atom stereocenters. The van der Waals surface area contributed by atoms with Gasteiger partial charge in [-0.2, -0.15) is 0 Å². The highest BCUT2D eigenvalue weighted by Gasteiger charge is 2.22. The van der Waals surface area contributed by atoms with E-state index in [4.69, 9.17) is 0 Å². The maximum Gasteiger partial charge on any atom is 0.399 e. The third-order valence-electron chi connectivity index (χ3n) is 0.551. The molecule has 1 aromatic rings. The summed E-state index contributed by atoms with van der Waals surface area (Å²) in [5.41, 5.74) is 0. The van der Waals surface area contributed by atoms with Crippen LogP contribution >= 0.6 is 0 Å². The molecule has 5 nitrogen and oxygen atoms in total. The van der Waals surface area contributed by atoms with Gasteiger partial charge in [0, 0.05) is 0 Å². The number of hydrogen-bond acceptors (Lipinski definition) is 4. The van der Waals surface area contributed by atoms with Crippen molar-refractivity contribution in [2.45, 2.75) is 0 Å². The fourth-order valence-electron chi connectivity index (χ4n) is 0.265. The van der Waals surface area contributed by atoms with Crippen LogP contribution < -0.4 is 4.84 Å². The molecule has 2 heterocycles. The summed E-state index contributed by atoms with van der Waals surface area (Å²) in [5.74, 6) is 0. The van der Waals surface area contributed by atoms with Crippen LogP contribution in [0, 0.1) is 0 Å². The zero-order valence-electron chi connectivity index (χ0n) is 2.70. The van der Waals surface area contributed by atoms with Gasteiger partial charge in [-0.25, -0.2) is 0 Å². The van der Waals surface area contributed by atoms with E-state index in [9.17, 15) is 0 Å². The monoisotopic (exact) mass is 84.0 g/mol. The highest BCUT2D eigenvalue weighted by Crippen LogP contribution is 2.13. The predicted molar refractivity (Wildman–Crippen MR) is 13.8 cm³/mol. The standard InChI is InChI=1S/CN4O/c2-1-5(6-1)4-3-2. The summed E-state index contributed by atoms with van der Waals surface area (Å²) in [6.07, 6.45) is 0. The Hall–Kier alpha value is -1.13. The van der Waals surface area contributed by atoms with Crippen molar-refractivity contribution in [2.24, 2.45) is 0 Å². The quantitative estimate of drug-likeness (QED) is 0.377. The molecule has 0 fully saturated rings. The molecule has 30 valence electrons. The number of hydrogen-bond donors (Lipinski definition) is 0. The van der Waals surface area contributed by atoms with E-state index in [1.54, 1.807) is 0 Å². The molecule has 5 heteroatoms. The molecule has 2 rings (SSSR count). The molecule has 1 aliphatic heterocycles. The van der Waals surface area contributed by atoms with Gasteiger partial charge in [-0.05, 0) is 15.3 Å². The molecule has 0 radical (unpaired) electrons. The lowest BCUT2D eigenvalue weighted by atomic mass is 11.4. The minimum atomic E-state index is 0.495. The molecule has 1 aromatic heterocycles. The molecule has 0 saturated heterocycles. The Kier molecular flexibility index (Phi) is 0.143. The van der Waals surface area contributed by atoms with Crippen molar-refractivity contribution < 1.29 is 4.84 Å². The maximum atomic E-state index is 4.48. The summed E-state index contributed by atoms with van der Waals surface area (Å²) >= 11 is 0. The summed E-state index contributed by atoms with van der Waals surface area (Å²) in [7, 11) is 0. The van der Waals surface area contributed by atoms with Crippen LogP contribution in [0.3, 0.4) is 0 Å². The van der Waals surface area contributed by atoms with Crippen molar-refractivity contribution in [1.29, 1.82) is 0 Å². The highest BCUT2D eigenvalue weighted by molar-refractivity contribution is 4.95. The topological polar surface area (TPSA) is 56.1 Å². The Morgan fingerprint density at radius 3 is 2.83 bits per heavy atom. The molecule has 0 N–H and O–H groups in total.